The molecule has 0 atom stereocenters. The van der Waals surface area contributed by atoms with Gasteiger partial charge in [-0.25, -0.2) is 0 Å². The SMILES string of the molecule is Cc1cc2c(N)c(N)cc(C(N)=O)c2o1. The lowest BCUT2D eigenvalue weighted by molar-refractivity contribution is 0.100. The van der Waals surface area contributed by atoms with Gasteiger partial charge in [0.05, 0.1) is 16.9 Å². The van der Waals surface area contributed by atoms with Crippen molar-refractivity contribution in [2.24, 2.45) is 5.73 Å². The first-order valence-electron chi connectivity index (χ1n) is 4.38. The van der Waals surface area contributed by atoms with E-state index in [1.54, 1.807) is 13.0 Å². The van der Waals surface area contributed by atoms with Crippen LogP contribution in [0.3, 0.4) is 0 Å². The number of hydrogen-bond donors (Lipinski definition) is 3. The topological polar surface area (TPSA) is 108 Å². The Balaban J connectivity index is 2.93. The Morgan fingerprint density at radius 2 is 2.00 bits per heavy atom. The summed E-state index contributed by atoms with van der Waals surface area (Å²) in [6.07, 6.45) is 0. The van der Waals surface area contributed by atoms with Crippen LogP contribution >= 0.6 is 0 Å². The van der Waals surface area contributed by atoms with Crippen LogP contribution in [0.1, 0.15) is 16.1 Å². The third kappa shape index (κ3) is 1.28. The van der Waals surface area contributed by atoms with Crippen molar-refractivity contribution in [1.29, 1.82) is 0 Å². The first-order valence-corrected chi connectivity index (χ1v) is 4.38. The molecule has 0 aliphatic heterocycles. The van der Waals surface area contributed by atoms with E-state index in [-0.39, 0.29) is 5.56 Å². The van der Waals surface area contributed by atoms with Gasteiger partial charge in [-0.15, -0.1) is 0 Å². The van der Waals surface area contributed by atoms with Gasteiger partial charge in [0.25, 0.3) is 5.91 Å². The van der Waals surface area contributed by atoms with Gasteiger partial charge < -0.3 is 21.6 Å². The van der Waals surface area contributed by atoms with Crippen molar-refractivity contribution in [3.05, 3.63) is 23.5 Å². The number of amides is 1. The highest BCUT2D eigenvalue weighted by Gasteiger charge is 2.15. The van der Waals surface area contributed by atoms with E-state index in [9.17, 15) is 4.79 Å². The molecule has 0 saturated heterocycles. The Bertz CT molecular complexity index is 557. The number of aryl methyl sites for hydroxylation is 1. The van der Waals surface area contributed by atoms with Crippen LogP contribution in [0.15, 0.2) is 16.5 Å². The number of furan rings is 1. The third-order valence-electron chi connectivity index (χ3n) is 2.27. The average Bonchev–Trinajstić information content (AvgIpc) is 2.53. The molecular weight excluding hydrogens is 194 g/mol. The Hall–Kier alpha value is -2.17. The fourth-order valence-electron chi connectivity index (χ4n) is 1.55. The number of carbonyl (C=O) groups is 1. The first-order chi connectivity index (χ1) is 7.00. The molecule has 1 heterocycles. The van der Waals surface area contributed by atoms with Crippen molar-refractivity contribution in [3.8, 4) is 0 Å². The van der Waals surface area contributed by atoms with Crippen molar-refractivity contribution in [2.75, 3.05) is 11.5 Å². The quantitative estimate of drug-likeness (QED) is 0.603. The largest absolute Gasteiger partial charge is 0.460 e. The van der Waals surface area contributed by atoms with E-state index >= 15 is 0 Å². The van der Waals surface area contributed by atoms with Gasteiger partial charge in [-0.05, 0) is 19.1 Å². The molecule has 0 aliphatic carbocycles. The summed E-state index contributed by atoms with van der Waals surface area (Å²) in [6, 6.07) is 3.16. The van der Waals surface area contributed by atoms with Crippen LogP contribution in [0.25, 0.3) is 11.0 Å². The fraction of sp³-hybridized carbons (Fsp3) is 0.100. The van der Waals surface area contributed by atoms with Crippen LogP contribution in [0, 0.1) is 6.92 Å². The Labute approximate surface area is 85.8 Å². The normalized spacial score (nSPS) is 10.7. The molecule has 0 spiro atoms. The number of hydrogen-bond acceptors (Lipinski definition) is 4. The van der Waals surface area contributed by atoms with Crippen molar-refractivity contribution < 1.29 is 9.21 Å². The summed E-state index contributed by atoms with van der Waals surface area (Å²) in [5.41, 5.74) is 18.0. The molecule has 5 nitrogen and oxygen atoms in total. The number of benzene rings is 1. The van der Waals surface area contributed by atoms with Gasteiger partial charge in [-0.2, -0.15) is 0 Å². The number of nitrogen functional groups attached to an aromatic ring is 2. The molecule has 1 aromatic heterocycles. The van der Waals surface area contributed by atoms with E-state index in [1.807, 2.05) is 0 Å². The minimum atomic E-state index is -0.582. The summed E-state index contributed by atoms with van der Waals surface area (Å²) in [5.74, 6) is 0.0749. The van der Waals surface area contributed by atoms with Crippen LogP contribution < -0.4 is 17.2 Å². The lowest BCUT2D eigenvalue weighted by Gasteiger charge is -2.03. The standard InChI is InChI=1S/C10H11N3O2/c1-4-2-5-8(12)7(11)3-6(10(13)14)9(5)15-4/h2-3H,11-12H2,1H3,(H2,13,14). The first kappa shape index (κ1) is 9.39. The molecule has 5 heteroatoms. The van der Waals surface area contributed by atoms with Gasteiger partial charge in [0.1, 0.15) is 11.3 Å². The van der Waals surface area contributed by atoms with Gasteiger partial charge in [0.2, 0.25) is 0 Å². The predicted molar refractivity (Wildman–Crippen MR) is 58.3 cm³/mol. The lowest BCUT2D eigenvalue weighted by atomic mass is 10.1. The summed E-state index contributed by atoms with van der Waals surface area (Å²) in [4.78, 5) is 11.2. The van der Waals surface area contributed by atoms with Gasteiger partial charge in [-0.1, -0.05) is 0 Å². The second-order valence-electron chi connectivity index (χ2n) is 3.39. The van der Waals surface area contributed by atoms with Crippen molar-refractivity contribution in [2.45, 2.75) is 6.92 Å². The number of fused-ring (bicyclic) bond motifs is 1. The highest BCUT2D eigenvalue weighted by atomic mass is 16.3. The maximum absolute atomic E-state index is 11.2. The number of nitrogens with two attached hydrogens (primary N) is 3. The van der Waals surface area contributed by atoms with Crippen molar-refractivity contribution in [3.63, 3.8) is 0 Å². The Morgan fingerprint density at radius 1 is 1.33 bits per heavy atom. The van der Waals surface area contributed by atoms with E-state index in [0.29, 0.717) is 28.1 Å². The molecule has 0 unspecified atom stereocenters. The van der Waals surface area contributed by atoms with Crippen LogP contribution in [0.5, 0.6) is 0 Å². The molecule has 0 bridgehead atoms. The summed E-state index contributed by atoms with van der Waals surface area (Å²) >= 11 is 0. The third-order valence-corrected chi connectivity index (χ3v) is 2.27. The van der Waals surface area contributed by atoms with E-state index in [4.69, 9.17) is 21.6 Å². The molecule has 0 aliphatic rings. The molecule has 0 radical (unpaired) electrons. The lowest BCUT2D eigenvalue weighted by Crippen LogP contribution is -2.12. The zero-order valence-electron chi connectivity index (χ0n) is 8.20. The fourth-order valence-corrected chi connectivity index (χ4v) is 1.55. The van der Waals surface area contributed by atoms with E-state index in [2.05, 4.69) is 0 Å². The summed E-state index contributed by atoms with van der Waals surface area (Å²) < 4.78 is 5.36. The van der Waals surface area contributed by atoms with Gasteiger partial charge in [-0.3, -0.25) is 4.79 Å². The molecular formula is C10H11N3O2. The monoisotopic (exact) mass is 205 g/mol. The van der Waals surface area contributed by atoms with Crippen molar-refractivity contribution >= 4 is 28.3 Å². The van der Waals surface area contributed by atoms with Gasteiger partial charge in [0, 0.05) is 5.39 Å². The maximum atomic E-state index is 11.2. The Morgan fingerprint density at radius 3 is 2.60 bits per heavy atom. The van der Waals surface area contributed by atoms with Crippen molar-refractivity contribution in [1.82, 2.24) is 0 Å². The second-order valence-corrected chi connectivity index (χ2v) is 3.39. The zero-order valence-corrected chi connectivity index (χ0v) is 8.20. The molecule has 2 aromatic rings. The van der Waals surface area contributed by atoms with Crippen LogP contribution in [-0.4, -0.2) is 5.91 Å². The molecule has 6 N–H and O–H groups in total. The van der Waals surface area contributed by atoms with E-state index in [1.165, 1.54) is 6.07 Å². The number of carbonyl (C=O) groups excluding carboxylic acids is 1. The van der Waals surface area contributed by atoms with Gasteiger partial charge in [0.15, 0.2) is 0 Å². The molecule has 1 amide bonds. The highest BCUT2D eigenvalue weighted by molar-refractivity contribution is 6.10. The second kappa shape index (κ2) is 2.91. The molecule has 78 valence electrons. The maximum Gasteiger partial charge on any atom is 0.252 e. The predicted octanol–water partition coefficient (Wildman–Crippen LogP) is 1.00. The van der Waals surface area contributed by atoms with E-state index in [0.717, 1.165) is 0 Å². The molecule has 2 rings (SSSR count). The number of primary amides is 1. The molecule has 1 aromatic carbocycles. The zero-order chi connectivity index (χ0) is 11.2. The van der Waals surface area contributed by atoms with Gasteiger partial charge >= 0.3 is 0 Å². The smallest absolute Gasteiger partial charge is 0.252 e. The summed E-state index contributed by atoms with van der Waals surface area (Å²) in [5, 5.41) is 0.626. The average molecular weight is 205 g/mol. The number of rotatable bonds is 1. The summed E-state index contributed by atoms with van der Waals surface area (Å²) in [6.45, 7) is 1.76. The Kier molecular flexibility index (Phi) is 1.82. The van der Waals surface area contributed by atoms with Crippen LogP contribution in [0.2, 0.25) is 0 Å². The minimum Gasteiger partial charge on any atom is -0.460 e. The van der Waals surface area contributed by atoms with Crippen LogP contribution in [0.4, 0.5) is 11.4 Å². The molecule has 0 saturated carbocycles. The van der Waals surface area contributed by atoms with Crippen LogP contribution in [-0.2, 0) is 0 Å². The minimum absolute atomic E-state index is 0.254. The molecule has 15 heavy (non-hydrogen) atoms. The molecule has 0 fully saturated rings. The van der Waals surface area contributed by atoms with E-state index < -0.39 is 5.91 Å². The summed E-state index contributed by atoms with van der Waals surface area (Å²) in [7, 11) is 0. The number of anilines is 2. The highest BCUT2D eigenvalue weighted by Crippen LogP contribution is 2.32.